The van der Waals surface area contributed by atoms with Gasteiger partial charge in [-0.15, -0.1) is 35.3 Å². The highest BCUT2D eigenvalue weighted by Crippen LogP contribution is 2.38. The highest BCUT2D eigenvalue weighted by molar-refractivity contribution is 8.00. The first-order valence-corrected chi connectivity index (χ1v) is 13.7. The summed E-state index contributed by atoms with van der Waals surface area (Å²) in [5, 5.41) is 93.1. The van der Waals surface area contributed by atoms with E-state index in [9.17, 15) is 46.0 Å². The topological polar surface area (TPSA) is 210 Å². The van der Waals surface area contributed by atoms with Crippen LogP contribution in [-0.2, 0) is 14.2 Å². The molecule has 4 fully saturated rings. The number of fused-ring (bicyclic) bond motifs is 6. The monoisotopic (exact) mass is 534 g/mol. The number of hydrogen-bond acceptors (Lipinski definition) is 15. The summed E-state index contributed by atoms with van der Waals surface area (Å²) in [5.41, 5.74) is -2.99. The van der Waals surface area contributed by atoms with Gasteiger partial charge in [0.15, 0.2) is 0 Å². The summed E-state index contributed by atoms with van der Waals surface area (Å²) in [6.45, 7) is 0. The van der Waals surface area contributed by atoms with Crippen LogP contribution in [0, 0.1) is 0 Å². The normalized spacial score (nSPS) is 56.5. The molecule has 4 rings (SSSR count). The van der Waals surface area contributed by atoms with E-state index in [0.717, 1.165) is 35.3 Å². The molecule has 9 N–H and O–H groups in total. The molecule has 4 aliphatic rings. The number of thioether (sulfide) groups is 3. The van der Waals surface area contributed by atoms with E-state index in [4.69, 9.17) is 14.2 Å². The molecule has 0 aromatic rings. The summed E-state index contributed by atoms with van der Waals surface area (Å²) in [7, 11) is 0. The molecule has 0 aromatic heterocycles. The van der Waals surface area contributed by atoms with Gasteiger partial charge in [-0.2, -0.15) is 0 Å². The van der Waals surface area contributed by atoms with E-state index in [0.29, 0.717) is 0 Å². The predicted molar refractivity (Wildman–Crippen MR) is 117 cm³/mol. The Morgan fingerprint density at radius 2 is 0.606 bits per heavy atom. The van der Waals surface area contributed by atoms with Gasteiger partial charge >= 0.3 is 0 Å². The van der Waals surface area contributed by atoms with Gasteiger partial charge in [-0.1, -0.05) is 0 Å². The van der Waals surface area contributed by atoms with E-state index in [2.05, 4.69) is 0 Å². The minimum Gasteiger partial charge on any atom is -0.388 e. The van der Waals surface area contributed by atoms with E-state index in [1.54, 1.807) is 0 Å². The fourth-order valence-corrected chi connectivity index (χ4v) is 7.85. The standard InChI is InChI=1S/C18H30O12S3/c19-7-4-1-31-16-13(25)11(23)8(20)5(29-16)2-33-18-15(27)12(24)9(21)6(30-18)3-32-17(28-4)14(26)10(7)22/h4-27H,1-3H2/t4-,5-,6-,7-,8-,9-,10+,11+,12+,13-,14-,15-,16+,17+,18+/m1/s1. The average molecular weight is 535 g/mol. The van der Waals surface area contributed by atoms with E-state index < -0.39 is 89.6 Å². The third-order valence-corrected chi connectivity index (χ3v) is 10.00. The molecule has 4 saturated heterocycles. The van der Waals surface area contributed by atoms with Gasteiger partial charge in [-0.3, -0.25) is 0 Å². The molecule has 4 aliphatic heterocycles. The molecule has 192 valence electrons. The van der Waals surface area contributed by atoms with Crippen molar-refractivity contribution in [3.8, 4) is 0 Å². The molecule has 0 aromatic carbocycles. The summed E-state index contributed by atoms with van der Waals surface area (Å²) in [6, 6.07) is 0. The van der Waals surface area contributed by atoms with E-state index >= 15 is 0 Å². The maximum atomic E-state index is 10.4. The second-order valence-electron chi connectivity index (χ2n) is 8.54. The fourth-order valence-electron chi connectivity index (χ4n) is 4.14. The SMILES string of the molecule is O[C@@H]1[C@@H](O)[C@H]2O[C@H](CS[C@@H]3O[C@H](CS[C@@H]4O[C@H](CS2)[C@@H](O)[C@H](O)[C@H]4O)[C@@H](O)[C@H](O)[C@H]3O)[C@H]1O. The second-order valence-corrected chi connectivity index (χ2v) is 11.9. The predicted octanol–water partition coefficient (Wildman–Crippen LogP) is -4.38. The maximum absolute atomic E-state index is 10.4. The molecule has 0 radical (unpaired) electrons. The first-order valence-electron chi connectivity index (χ1n) is 10.5. The van der Waals surface area contributed by atoms with Crippen molar-refractivity contribution < 1.29 is 60.2 Å². The van der Waals surface area contributed by atoms with Crippen molar-refractivity contribution >= 4 is 35.3 Å². The number of hydrogen-bond donors (Lipinski definition) is 9. The summed E-state index contributed by atoms with van der Waals surface area (Å²) >= 11 is 3.05. The number of ether oxygens (including phenoxy) is 3. The molecule has 4 heterocycles. The van der Waals surface area contributed by atoms with E-state index in [1.807, 2.05) is 0 Å². The largest absolute Gasteiger partial charge is 0.388 e. The maximum Gasteiger partial charge on any atom is 0.132 e. The van der Waals surface area contributed by atoms with Crippen molar-refractivity contribution in [3.05, 3.63) is 0 Å². The van der Waals surface area contributed by atoms with Crippen molar-refractivity contribution in [1.82, 2.24) is 0 Å². The molecule has 0 saturated carbocycles. The van der Waals surface area contributed by atoms with Gasteiger partial charge in [0.2, 0.25) is 0 Å². The number of rotatable bonds is 0. The molecule has 6 bridgehead atoms. The molecule has 15 atom stereocenters. The van der Waals surface area contributed by atoms with Gasteiger partial charge in [0.1, 0.15) is 71.2 Å². The van der Waals surface area contributed by atoms with Crippen molar-refractivity contribution in [2.45, 2.75) is 89.6 Å². The van der Waals surface area contributed by atoms with Crippen LogP contribution in [0.25, 0.3) is 0 Å². The van der Waals surface area contributed by atoms with E-state index in [-0.39, 0.29) is 17.3 Å². The number of aliphatic hydroxyl groups excluding tert-OH is 9. The lowest BCUT2D eigenvalue weighted by atomic mass is 10.0. The summed E-state index contributed by atoms with van der Waals surface area (Å²) in [4.78, 5) is 0. The zero-order valence-electron chi connectivity index (χ0n) is 17.3. The Balaban J connectivity index is 1.59. The lowest BCUT2D eigenvalue weighted by molar-refractivity contribution is -0.194. The van der Waals surface area contributed by atoms with Crippen LogP contribution in [0.3, 0.4) is 0 Å². The average Bonchev–Trinajstić information content (AvgIpc) is 2.80. The van der Waals surface area contributed by atoms with E-state index in [1.165, 1.54) is 0 Å². The van der Waals surface area contributed by atoms with Crippen molar-refractivity contribution in [2.24, 2.45) is 0 Å². The first-order chi connectivity index (χ1) is 15.6. The molecular formula is C18H30O12S3. The van der Waals surface area contributed by atoms with Crippen LogP contribution < -0.4 is 0 Å². The minimum absolute atomic E-state index is 0.0367. The molecular weight excluding hydrogens is 504 g/mol. The molecule has 0 amide bonds. The van der Waals surface area contributed by atoms with Gasteiger partial charge in [0.25, 0.3) is 0 Å². The number of aliphatic hydroxyl groups is 9. The Kier molecular flexibility index (Phi) is 8.80. The van der Waals surface area contributed by atoms with Crippen molar-refractivity contribution in [3.63, 3.8) is 0 Å². The molecule has 33 heavy (non-hydrogen) atoms. The van der Waals surface area contributed by atoms with Gasteiger partial charge in [-0.05, 0) is 0 Å². The first kappa shape index (κ1) is 26.6. The van der Waals surface area contributed by atoms with Crippen LogP contribution in [0.1, 0.15) is 0 Å². The minimum atomic E-state index is -1.53. The fraction of sp³-hybridized carbons (Fsp3) is 1.00. The van der Waals surface area contributed by atoms with Crippen LogP contribution >= 0.6 is 35.3 Å². The van der Waals surface area contributed by atoms with Crippen LogP contribution in [0.4, 0.5) is 0 Å². The Bertz CT molecular complexity index is 532. The molecule has 0 unspecified atom stereocenters. The highest BCUT2D eigenvalue weighted by Gasteiger charge is 2.50. The molecule has 12 nitrogen and oxygen atoms in total. The lowest BCUT2D eigenvalue weighted by Gasteiger charge is -2.42. The third-order valence-electron chi connectivity index (χ3n) is 6.28. The third kappa shape index (κ3) is 5.33. The highest BCUT2D eigenvalue weighted by atomic mass is 32.2. The van der Waals surface area contributed by atoms with Crippen LogP contribution in [-0.4, -0.2) is 153 Å². The Morgan fingerprint density at radius 1 is 0.364 bits per heavy atom. The van der Waals surface area contributed by atoms with Crippen molar-refractivity contribution in [1.29, 1.82) is 0 Å². The second kappa shape index (κ2) is 10.9. The lowest BCUT2D eigenvalue weighted by Crippen LogP contribution is -2.59. The summed E-state index contributed by atoms with van der Waals surface area (Å²) < 4.78 is 17.3. The smallest absolute Gasteiger partial charge is 0.132 e. The van der Waals surface area contributed by atoms with Gasteiger partial charge in [-0.25, -0.2) is 0 Å². The Morgan fingerprint density at radius 3 is 0.848 bits per heavy atom. The zero-order valence-corrected chi connectivity index (χ0v) is 19.7. The van der Waals surface area contributed by atoms with Crippen LogP contribution in [0.2, 0.25) is 0 Å². The molecule has 15 heteroatoms. The van der Waals surface area contributed by atoms with Gasteiger partial charge < -0.3 is 60.2 Å². The zero-order chi connectivity index (χ0) is 24.0. The summed E-state index contributed by atoms with van der Waals surface area (Å²) in [6.07, 6.45) is -16.1. The van der Waals surface area contributed by atoms with Gasteiger partial charge in [0.05, 0.1) is 18.3 Å². The van der Waals surface area contributed by atoms with Gasteiger partial charge in [0, 0.05) is 17.3 Å². The van der Waals surface area contributed by atoms with Crippen LogP contribution in [0.15, 0.2) is 0 Å². The molecule has 0 aliphatic carbocycles. The quantitative estimate of drug-likeness (QED) is 0.144. The summed E-state index contributed by atoms with van der Waals surface area (Å²) in [5.74, 6) is 0.110. The Hall–Kier alpha value is 0.570. The van der Waals surface area contributed by atoms with Crippen molar-refractivity contribution in [2.75, 3.05) is 17.3 Å². The Labute approximate surface area is 202 Å². The van der Waals surface area contributed by atoms with Crippen LogP contribution in [0.5, 0.6) is 0 Å². The molecule has 0 spiro atoms.